The maximum atomic E-state index is 10.5. The van der Waals surface area contributed by atoms with Crippen LogP contribution in [-0.4, -0.2) is 36.3 Å². The molecule has 1 aliphatic rings. The topological polar surface area (TPSA) is 57.2 Å². The molecular weight excluding hydrogens is 392 g/mol. The summed E-state index contributed by atoms with van der Waals surface area (Å²) in [5.74, 6) is 0. The van der Waals surface area contributed by atoms with Gasteiger partial charge in [-0.15, -0.1) is 0 Å². The Morgan fingerprint density at radius 3 is 1.52 bits per heavy atom. The third-order valence-corrected chi connectivity index (χ3v) is 5.28. The van der Waals surface area contributed by atoms with Gasteiger partial charge in [0.15, 0.2) is 6.29 Å². The predicted octanol–water partition coefficient (Wildman–Crippen LogP) is 4.09. The van der Waals surface area contributed by atoms with Gasteiger partial charge in [0.2, 0.25) is 0 Å². The summed E-state index contributed by atoms with van der Waals surface area (Å²) in [5.41, 5.74) is 3.13. The molecule has 1 fully saturated rings. The van der Waals surface area contributed by atoms with Crippen LogP contribution in [0.3, 0.4) is 0 Å². The Bertz CT molecular complexity index is 887. The van der Waals surface area contributed by atoms with E-state index in [-0.39, 0.29) is 12.7 Å². The van der Waals surface area contributed by atoms with Crippen LogP contribution >= 0.6 is 0 Å². The van der Waals surface area contributed by atoms with Gasteiger partial charge < -0.3 is 24.1 Å². The molecule has 0 saturated carbocycles. The number of rotatable bonds is 9. The Hall–Kier alpha value is -2.54. The average molecular weight is 421 g/mol. The van der Waals surface area contributed by atoms with Crippen LogP contribution in [0, 0.1) is 0 Å². The molecule has 0 radical (unpaired) electrons. The van der Waals surface area contributed by atoms with Gasteiger partial charge >= 0.3 is 0 Å². The zero-order chi connectivity index (χ0) is 21.3. The molecule has 5 nitrogen and oxygen atoms in total. The van der Waals surface area contributed by atoms with Crippen molar-refractivity contribution in [3.05, 3.63) is 108 Å². The second-order valence-electron chi connectivity index (χ2n) is 7.58. The fourth-order valence-corrected chi connectivity index (χ4v) is 3.59. The maximum absolute atomic E-state index is 10.5. The lowest BCUT2D eigenvalue weighted by Crippen LogP contribution is -2.56. The molecule has 31 heavy (non-hydrogen) atoms. The van der Waals surface area contributed by atoms with E-state index >= 15 is 0 Å². The highest BCUT2D eigenvalue weighted by molar-refractivity contribution is 5.15. The van der Waals surface area contributed by atoms with Gasteiger partial charge in [0.05, 0.1) is 26.4 Å². The molecule has 2 unspecified atom stereocenters. The van der Waals surface area contributed by atoms with E-state index in [9.17, 15) is 5.11 Å². The van der Waals surface area contributed by atoms with Crippen LogP contribution < -0.4 is 0 Å². The molecular formula is C26H28O5. The number of aliphatic hydroxyl groups excluding tert-OH is 1. The van der Waals surface area contributed by atoms with Crippen molar-refractivity contribution in [1.29, 1.82) is 0 Å². The third-order valence-electron chi connectivity index (χ3n) is 5.28. The summed E-state index contributed by atoms with van der Waals surface area (Å²) in [6.07, 6.45) is -2.59. The number of hydrogen-bond donors (Lipinski definition) is 1. The van der Waals surface area contributed by atoms with Crippen molar-refractivity contribution in [2.45, 2.75) is 44.4 Å². The molecule has 4 atom stereocenters. The average Bonchev–Trinajstić information content (AvgIpc) is 2.83. The van der Waals surface area contributed by atoms with E-state index in [1.165, 1.54) is 0 Å². The quantitative estimate of drug-likeness (QED) is 0.565. The van der Waals surface area contributed by atoms with E-state index in [1.54, 1.807) is 0 Å². The number of benzene rings is 3. The second-order valence-corrected chi connectivity index (χ2v) is 7.58. The van der Waals surface area contributed by atoms with Gasteiger partial charge in [-0.1, -0.05) is 91.0 Å². The molecule has 3 aromatic carbocycles. The van der Waals surface area contributed by atoms with Crippen molar-refractivity contribution in [1.82, 2.24) is 0 Å². The highest BCUT2D eigenvalue weighted by Crippen LogP contribution is 2.25. The minimum Gasteiger partial charge on any atom is -0.368 e. The van der Waals surface area contributed by atoms with Crippen molar-refractivity contribution >= 4 is 0 Å². The van der Waals surface area contributed by atoms with Gasteiger partial charge in [-0.2, -0.15) is 0 Å². The lowest BCUT2D eigenvalue weighted by Gasteiger charge is -2.40. The molecule has 162 valence electrons. The largest absolute Gasteiger partial charge is 0.368 e. The molecule has 5 heteroatoms. The van der Waals surface area contributed by atoms with E-state index < -0.39 is 18.5 Å². The molecule has 0 aliphatic carbocycles. The van der Waals surface area contributed by atoms with Crippen molar-refractivity contribution in [3.63, 3.8) is 0 Å². The minimum atomic E-state index is -1.08. The van der Waals surface area contributed by atoms with Gasteiger partial charge in [-0.05, 0) is 16.7 Å². The summed E-state index contributed by atoms with van der Waals surface area (Å²) in [6, 6.07) is 29.8. The third kappa shape index (κ3) is 6.23. The Kier molecular flexibility index (Phi) is 7.82. The molecule has 3 aromatic rings. The van der Waals surface area contributed by atoms with Gasteiger partial charge in [0, 0.05) is 0 Å². The minimum absolute atomic E-state index is 0.235. The fourth-order valence-electron chi connectivity index (χ4n) is 3.59. The van der Waals surface area contributed by atoms with Crippen LogP contribution in [0.4, 0.5) is 0 Å². The van der Waals surface area contributed by atoms with Crippen LogP contribution in [0.2, 0.25) is 0 Å². The van der Waals surface area contributed by atoms with Crippen molar-refractivity contribution in [2.75, 3.05) is 6.61 Å². The molecule has 1 N–H and O–H groups in total. The molecule has 4 rings (SSSR count). The molecule has 0 aromatic heterocycles. The Labute approximate surface area is 183 Å². The molecule has 1 aliphatic heterocycles. The zero-order valence-electron chi connectivity index (χ0n) is 17.4. The van der Waals surface area contributed by atoms with E-state index in [0.29, 0.717) is 19.8 Å². The predicted molar refractivity (Wildman–Crippen MR) is 117 cm³/mol. The van der Waals surface area contributed by atoms with Crippen molar-refractivity contribution in [3.8, 4) is 0 Å². The van der Waals surface area contributed by atoms with Crippen molar-refractivity contribution in [2.24, 2.45) is 0 Å². The first-order chi connectivity index (χ1) is 15.3. The number of ether oxygens (including phenoxy) is 4. The van der Waals surface area contributed by atoms with Crippen molar-refractivity contribution < 1.29 is 24.1 Å². The Morgan fingerprint density at radius 2 is 1.03 bits per heavy atom. The van der Waals surface area contributed by atoms with Gasteiger partial charge in [0.25, 0.3) is 0 Å². The second kappa shape index (κ2) is 11.2. The molecule has 0 bridgehead atoms. The summed E-state index contributed by atoms with van der Waals surface area (Å²) in [7, 11) is 0. The Morgan fingerprint density at radius 1 is 0.613 bits per heavy atom. The Balaban J connectivity index is 1.46. The SMILES string of the molecule is O[C@H]1OC[C@@H](OCc2ccccc2)C(OCc2ccccc2)C1OCc1ccccc1. The van der Waals surface area contributed by atoms with E-state index in [1.807, 2.05) is 91.0 Å². The lowest BCUT2D eigenvalue weighted by atomic mass is 10.0. The highest BCUT2D eigenvalue weighted by Gasteiger charge is 2.42. The summed E-state index contributed by atoms with van der Waals surface area (Å²) < 4.78 is 24.1. The summed E-state index contributed by atoms with van der Waals surface area (Å²) in [5, 5.41) is 10.5. The summed E-state index contributed by atoms with van der Waals surface area (Å²) in [4.78, 5) is 0. The number of aliphatic hydroxyl groups is 1. The van der Waals surface area contributed by atoms with E-state index in [4.69, 9.17) is 18.9 Å². The van der Waals surface area contributed by atoms with Crippen LogP contribution in [0.1, 0.15) is 16.7 Å². The molecule has 0 spiro atoms. The van der Waals surface area contributed by atoms with E-state index in [0.717, 1.165) is 16.7 Å². The fraction of sp³-hybridized carbons (Fsp3) is 0.308. The summed E-state index contributed by atoms with van der Waals surface area (Å²) >= 11 is 0. The standard InChI is InChI=1S/C26H28O5/c27-26-25(30-18-22-14-8-3-9-15-22)24(29-17-21-12-6-2-7-13-21)23(19-31-26)28-16-20-10-4-1-5-11-20/h1-15,23-27H,16-19H2/t23-,24?,25?,26+/m1/s1. The van der Waals surface area contributed by atoms with Crippen LogP contribution in [0.5, 0.6) is 0 Å². The number of hydrogen-bond acceptors (Lipinski definition) is 5. The van der Waals surface area contributed by atoms with Gasteiger partial charge in [-0.25, -0.2) is 0 Å². The normalized spacial score (nSPS) is 23.5. The van der Waals surface area contributed by atoms with Gasteiger partial charge in [-0.3, -0.25) is 0 Å². The zero-order valence-corrected chi connectivity index (χ0v) is 17.4. The van der Waals surface area contributed by atoms with Crippen LogP contribution in [0.15, 0.2) is 91.0 Å². The monoisotopic (exact) mass is 420 g/mol. The van der Waals surface area contributed by atoms with E-state index in [2.05, 4.69) is 0 Å². The van der Waals surface area contributed by atoms with Gasteiger partial charge in [0.1, 0.15) is 18.3 Å². The lowest BCUT2D eigenvalue weighted by molar-refractivity contribution is -0.286. The molecule has 1 saturated heterocycles. The smallest absolute Gasteiger partial charge is 0.183 e. The molecule has 1 heterocycles. The molecule has 0 amide bonds. The first-order valence-electron chi connectivity index (χ1n) is 10.6. The first kappa shape index (κ1) is 21.7. The maximum Gasteiger partial charge on any atom is 0.183 e. The van der Waals surface area contributed by atoms with Crippen LogP contribution in [0.25, 0.3) is 0 Å². The summed E-state index contributed by atoms with van der Waals surface area (Å²) in [6.45, 7) is 1.41. The highest BCUT2D eigenvalue weighted by atomic mass is 16.7. The van der Waals surface area contributed by atoms with Crippen LogP contribution in [-0.2, 0) is 38.8 Å². The first-order valence-corrected chi connectivity index (χ1v) is 10.6.